The molecule has 1 aliphatic rings. The monoisotopic (exact) mass is 342 g/mol. The van der Waals surface area contributed by atoms with Crippen LogP contribution in [0.25, 0.3) is 0 Å². The van der Waals surface area contributed by atoms with E-state index < -0.39 is 0 Å². The Labute approximate surface area is 135 Å². The molecule has 1 saturated carbocycles. The molecule has 0 atom stereocenters. The molecule has 1 aromatic carbocycles. The van der Waals surface area contributed by atoms with Crippen molar-refractivity contribution in [2.75, 3.05) is 11.1 Å². The highest BCUT2D eigenvalue weighted by Crippen LogP contribution is 2.38. The number of nitrogens with one attached hydrogen (secondary N) is 2. The average molecular weight is 343 g/mol. The number of aromatic nitrogens is 3. The van der Waals surface area contributed by atoms with Crippen molar-refractivity contribution < 1.29 is 4.79 Å². The zero-order valence-electron chi connectivity index (χ0n) is 10.9. The molecule has 2 aromatic rings. The molecule has 21 heavy (non-hydrogen) atoms. The van der Waals surface area contributed by atoms with E-state index in [1.54, 1.807) is 18.2 Å². The normalized spacial score (nSPS) is 14.2. The minimum absolute atomic E-state index is 0.165. The number of aromatic amines is 1. The van der Waals surface area contributed by atoms with Crippen molar-refractivity contribution in [1.29, 1.82) is 0 Å². The molecular weight excluding hydrogens is 331 g/mol. The first-order valence-corrected chi connectivity index (χ1v) is 8.16. The van der Waals surface area contributed by atoms with Gasteiger partial charge in [0, 0.05) is 10.9 Å². The van der Waals surface area contributed by atoms with Gasteiger partial charge in [0.15, 0.2) is 0 Å². The van der Waals surface area contributed by atoms with Gasteiger partial charge in [0.2, 0.25) is 11.1 Å². The Morgan fingerprint density at radius 1 is 1.43 bits per heavy atom. The summed E-state index contributed by atoms with van der Waals surface area (Å²) in [4.78, 5) is 16.2. The first-order valence-electron chi connectivity index (χ1n) is 6.42. The van der Waals surface area contributed by atoms with Gasteiger partial charge in [-0.25, -0.2) is 4.98 Å². The van der Waals surface area contributed by atoms with Crippen LogP contribution in [0.1, 0.15) is 24.6 Å². The zero-order valence-corrected chi connectivity index (χ0v) is 13.2. The number of benzene rings is 1. The first-order chi connectivity index (χ1) is 10.1. The van der Waals surface area contributed by atoms with Crippen molar-refractivity contribution in [3.05, 3.63) is 34.1 Å². The van der Waals surface area contributed by atoms with E-state index in [-0.39, 0.29) is 11.7 Å². The van der Waals surface area contributed by atoms with Gasteiger partial charge in [0.1, 0.15) is 5.82 Å². The molecule has 0 unspecified atom stereocenters. The Bertz CT molecular complexity index is 672. The SMILES string of the molecule is O=C(CSc1n[nH]c(C2CC2)n1)Nc1ccc(Cl)cc1Cl. The highest BCUT2D eigenvalue weighted by Gasteiger charge is 2.27. The third kappa shape index (κ3) is 3.90. The number of carbonyl (C=O) groups is 1. The summed E-state index contributed by atoms with van der Waals surface area (Å²) in [7, 11) is 0. The number of anilines is 1. The second-order valence-electron chi connectivity index (χ2n) is 4.74. The minimum Gasteiger partial charge on any atom is -0.324 e. The topological polar surface area (TPSA) is 70.7 Å². The molecule has 0 saturated heterocycles. The molecule has 0 aliphatic heterocycles. The van der Waals surface area contributed by atoms with Gasteiger partial charge in [-0.3, -0.25) is 9.89 Å². The van der Waals surface area contributed by atoms with Crippen LogP contribution in [0.2, 0.25) is 10.0 Å². The fourth-order valence-corrected chi connectivity index (χ4v) is 2.83. The fourth-order valence-electron chi connectivity index (χ4n) is 1.77. The summed E-state index contributed by atoms with van der Waals surface area (Å²) >= 11 is 13.1. The largest absolute Gasteiger partial charge is 0.324 e. The zero-order chi connectivity index (χ0) is 14.8. The van der Waals surface area contributed by atoms with Gasteiger partial charge in [-0.2, -0.15) is 0 Å². The Balaban J connectivity index is 1.53. The first kappa shape index (κ1) is 14.7. The maximum atomic E-state index is 11.9. The van der Waals surface area contributed by atoms with E-state index in [9.17, 15) is 4.79 Å². The predicted octanol–water partition coefficient (Wildman–Crippen LogP) is 3.72. The lowest BCUT2D eigenvalue weighted by atomic mass is 10.3. The Morgan fingerprint density at radius 2 is 2.24 bits per heavy atom. The van der Waals surface area contributed by atoms with Gasteiger partial charge in [-0.05, 0) is 31.0 Å². The second kappa shape index (κ2) is 6.25. The number of hydrogen-bond acceptors (Lipinski definition) is 4. The number of hydrogen-bond donors (Lipinski definition) is 2. The number of amides is 1. The van der Waals surface area contributed by atoms with Crippen LogP contribution in [-0.2, 0) is 4.79 Å². The van der Waals surface area contributed by atoms with E-state index in [4.69, 9.17) is 23.2 Å². The molecule has 3 rings (SSSR count). The van der Waals surface area contributed by atoms with E-state index in [1.807, 2.05) is 0 Å². The summed E-state index contributed by atoms with van der Waals surface area (Å²) in [6.07, 6.45) is 2.32. The molecule has 0 spiro atoms. The number of rotatable bonds is 5. The van der Waals surface area contributed by atoms with E-state index in [0.29, 0.717) is 26.8 Å². The average Bonchev–Trinajstić information content (AvgIpc) is 3.19. The Morgan fingerprint density at radius 3 is 2.95 bits per heavy atom. The Hall–Kier alpha value is -1.24. The number of nitrogens with zero attached hydrogens (tertiary/aromatic N) is 2. The van der Waals surface area contributed by atoms with Crippen LogP contribution in [0.3, 0.4) is 0 Å². The van der Waals surface area contributed by atoms with Crippen molar-refractivity contribution in [3.63, 3.8) is 0 Å². The van der Waals surface area contributed by atoms with Gasteiger partial charge >= 0.3 is 0 Å². The maximum Gasteiger partial charge on any atom is 0.234 e. The summed E-state index contributed by atoms with van der Waals surface area (Å²) in [5.41, 5.74) is 0.542. The van der Waals surface area contributed by atoms with Crippen molar-refractivity contribution in [3.8, 4) is 0 Å². The molecule has 1 heterocycles. The summed E-state index contributed by atoms with van der Waals surface area (Å²) in [6, 6.07) is 4.93. The molecule has 1 fully saturated rings. The lowest BCUT2D eigenvalue weighted by Crippen LogP contribution is -2.14. The molecule has 0 radical (unpaired) electrons. The van der Waals surface area contributed by atoms with Crippen LogP contribution < -0.4 is 5.32 Å². The molecule has 1 aliphatic carbocycles. The third-order valence-electron chi connectivity index (χ3n) is 2.98. The summed E-state index contributed by atoms with van der Waals surface area (Å²) < 4.78 is 0. The van der Waals surface area contributed by atoms with Crippen LogP contribution in [0.15, 0.2) is 23.4 Å². The number of thioether (sulfide) groups is 1. The number of halogens is 2. The summed E-state index contributed by atoms with van der Waals surface area (Å²) in [6.45, 7) is 0. The Kier molecular flexibility index (Phi) is 4.37. The molecule has 0 bridgehead atoms. The summed E-state index contributed by atoms with van der Waals surface area (Å²) in [5, 5.41) is 11.3. The lowest BCUT2D eigenvalue weighted by Gasteiger charge is -2.06. The van der Waals surface area contributed by atoms with E-state index >= 15 is 0 Å². The molecule has 1 aromatic heterocycles. The van der Waals surface area contributed by atoms with E-state index in [1.165, 1.54) is 11.8 Å². The van der Waals surface area contributed by atoms with Crippen molar-refractivity contribution >= 4 is 46.6 Å². The van der Waals surface area contributed by atoms with E-state index in [0.717, 1.165) is 18.7 Å². The van der Waals surface area contributed by atoms with Gasteiger partial charge in [-0.1, -0.05) is 35.0 Å². The molecule has 2 N–H and O–H groups in total. The van der Waals surface area contributed by atoms with Crippen molar-refractivity contribution in [2.24, 2.45) is 0 Å². The van der Waals surface area contributed by atoms with Gasteiger partial charge in [0.25, 0.3) is 0 Å². The van der Waals surface area contributed by atoms with Gasteiger partial charge < -0.3 is 5.32 Å². The predicted molar refractivity (Wildman–Crippen MR) is 84.2 cm³/mol. The van der Waals surface area contributed by atoms with Crippen LogP contribution in [-0.4, -0.2) is 26.8 Å². The van der Waals surface area contributed by atoms with Crippen LogP contribution in [0, 0.1) is 0 Å². The summed E-state index contributed by atoms with van der Waals surface area (Å²) in [5.74, 6) is 1.50. The van der Waals surface area contributed by atoms with Crippen LogP contribution in [0.5, 0.6) is 0 Å². The number of carbonyl (C=O) groups excluding carboxylic acids is 1. The molecule has 8 heteroatoms. The molecular formula is C13H12Cl2N4OS. The molecule has 110 valence electrons. The maximum absolute atomic E-state index is 11.9. The van der Waals surface area contributed by atoms with Gasteiger partial charge in [-0.15, -0.1) is 5.10 Å². The second-order valence-corrected chi connectivity index (χ2v) is 6.52. The highest BCUT2D eigenvalue weighted by atomic mass is 35.5. The molecule has 1 amide bonds. The number of H-pyrrole nitrogens is 1. The van der Waals surface area contributed by atoms with Crippen molar-refractivity contribution in [2.45, 2.75) is 23.9 Å². The van der Waals surface area contributed by atoms with Crippen LogP contribution in [0.4, 0.5) is 5.69 Å². The fraction of sp³-hybridized carbons (Fsp3) is 0.308. The minimum atomic E-state index is -0.165. The quantitative estimate of drug-likeness (QED) is 0.812. The van der Waals surface area contributed by atoms with Crippen molar-refractivity contribution in [1.82, 2.24) is 15.2 Å². The standard InChI is InChI=1S/C13H12Cl2N4OS/c14-8-3-4-10(9(15)5-8)16-11(20)6-21-13-17-12(18-19-13)7-1-2-7/h3-5,7H,1-2,6H2,(H,16,20)(H,17,18,19). The highest BCUT2D eigenvalue weighted by molar-refractivity contribution is 7.99. The van der Waals surface area contributed by atoms with Gasteiger partial charge in [0.05, 0.1) is 16.5 Å². The lowest BCUT2D eigenvalue weighted by molar-refractivity contribution is -0.113. The van der Waals surface area contributed by atoms with Crippen LogP contribution >= 0.6 is 35.0 Å². The third-order valence-corrected chi connectivity index (χ3v) is 4.38. The smallest absolute Gasteiger partial charge is 0.234 e. The molecule has 5 nitrogen and oxygen atoms in total. The van der Waals surface area contributed by atoms with E-state index in [2.05, 4.69) is 20.5 Å².